The minimum Gasteiger partial charge on any atom is -0.398 e. The monoisotopic (exact) mass is 211 g/mol. The van der Waals surface area contributed by atoms with Crippen LogP contribution < -0.4 is 5.73 Å². The van der Waals surface area contributed by atoms with Crippen molar-refractivity contribution in [1.29, 1.82) is 0 Å². The predicted molar refractivity (Wildman–Crippen MR) is 62.6 cm³/mol. The number of anilines is 1. The zero-order valence-electron chi connectivity index (χ0n) is 8.66. The molecule has 14 heavy (non-hydrogen) atoms. The first kappa shape index (κ1) is 11.4. The van der Waals surface area contributed by atoms with Crippen LogP contribution in [-0.2, 0) is 0 Å². The number of rotatable bonds is 4. The Labute approximate surface area is 89.5 Å². The highest BCUT2D eigenvalue weighted by Gasteiger charge is 2.02. The van der Waals surface area contributed by atoms with E-state index in [2.05, 4.69) is 6.07 Å². The molecule has 0 spiro atoms. The molecule has 1 aromatic carbocycles. The lowest BCUT2D eigenvalue weighted by Gasteiger charge is -2.08. The minimum atomic E-state index is -0.219. The molecule has 0 amide bonds. The number of thioether (sulfide) groups is 1. The Morgan fingerprint density at radius 2 is 2.21 bits per heavy atom. The molecular weight excluding hydrogens is 194 g/mol. The van der Waals surface area contributed by atoms with Crippen molar-refractivity contribution in [1.82, 2.24) is 0 Å². The molecule has 0 aliphatic carbocycles. The van der Waals surface area contributed by atoms with Crippen LogP contribution in [0.25, 0.3) is 0 Å². The van der Waals surface area contributed by atoms with Gasteiger partial charge in [-0.3, -0.25) is 0 Å². The topological polar surface area (TPSA) is 46.2 Å². The molecule has 0 saturated carbocycles. The molecule has 0 aromatic heterocycles. The maximum absolute atomic E-state index is 9.12. The van der Waals surface area contributed by atoms with E-state index in [0.717, 1.165) is 23.4 Å². The summed E-state index contributed by atoms with van der Waals surface area (Å²) in [6, 6.07) is 5.94. The standard InChI is InChI=1S/C11H17NOS/c1-8(13)6-7-14-11-5-3-4-10(12)9(11)2/h3-5,8,13H,6-7,12H2,1-2H3. The minimum absolute atomic E-state index is 0.219. The highest BCUT2D eigenvalue weighted by atomic mass is 32.2. The Morgan fingerprint density at radius 3 is 2.86 bits per heavy atom. The molecule has 2 nitrogen and oxygen atoms in total. The predicted octanol–water partition coefficient (Wildman–Crippen LogP) is 2.44. The van der Waals surface area contributed by atoms with Crippen LogP contribution in [-0.4, -0.2) is 17.0 Å². The molecule has 0 saturated heterocycles. The molecule has 0 radical (unpaired) electrons. The van der Waals surface area contributed by atoms with Crippen molar-refractivity contribution in [2.45, 2.75) is 31.3 Å². The lowest BCUT2D eigenvalue weighted by atomic mass is 10.2. The van der Waals surface area contributed by atoms with Gasteiger partial charge in [0.05, 0.1) is 6.10 Å². The van der Waals surface area contributed by atoms with Crippen LogP contribution in [0.5, 0.6) is 0 Å². The summed E-state index contributed by atoms with van der Waals surface area (Å²) in [5.41, 5.74) is 7.77. The fourth-order valence-corrected chi connectivity index (χ4v) is 2.32. The third kappa shape index (κ3) is 3.24. The second-order valence-electron chi connectivity index (χ2n) is 3.46. The van der Waals surface area contributed by atoms with E-state index in [-0.39, 0.29) is 6.10 Å². The first-order chi connectivity index (χ1) is 6.61. The molecule has 0 aliphatic rings. The molecule has 1 aromatic rings. The molecular formula is C11H17NOS. The third-order valence-electron chi connectivity index (χ3n) is 2.12. The fourth-order valence-electron chi connectivity index (χ4n) is 1.13. The second-order valence-corrected chi connectivity index (χ2v) is 4.59. The van der Waals surface area contributed by atoms with E-state index in [9.17, 15) is 0 Å². The molecule has 0 aliphatic heterocycles. The van der Waals surface area contributed by atoms with Gasteiger partial charge in [-0.25, -0.2) is 0 Å². The summed E-state index contributed by atoms with van der Waals surface area (Å²) in [7, 11) is 0. The molecule has 78 valence electrons. The van der Waals surface area contributed by atoms with Gasteiger partial charge in [-0.15, -0.1) is 11.8 Å². The number of hydrogen-bond donors (Lipinski definition) is 2. The van der Waals surface area contributed by atoms with Gasteiger partial charge >= 0.3 is 0 Å². The van der Waals surface area contributed by atoms with Gasteiger partial charge in [-0.05, 0) is 38.0 Å². The van der Waals surface area contributed by atoms with Gasteiger partial charge in [0.15, 0.2) is 0 Å². The van der Waals surface area contributed by atoms with E-state index in [1.807, 2.05) is 26.0 Å². The number of benzene rings is 1. The van der Waals surface area contributed by atoms with E-state index < -0.39 is 0 Å². The molecule has 3 N–H and O–H groups in total. The summed E-state index contributed by atoms with van der Waals surface area (Å²) >= 11 is 1.75. The maximum Gasteiger partial charge on any atom is 0.0520 e. The summed E-state index contributed by atoms with van der Waals surface area (Å²) in [6.45, 7) is 3.84. The summed E-state index contributed by atoms with van der Waals surface area (Å²) in [6.07, 6.45) is 0.600. The van der Waals surface area contributed by atoms with Crippen LogP contribution in [0.3, 0.4) is 0 Å². The van der Waals surface area contributed by atoms with Crippen molar-refractivity contribution in [3.8, 4) is 0 Å². The molecule has 1 rings (SSSR count). The Balaban J connectivity index is 2.54. The van der Waals surface area contributed by atoms with Gasteiger partial charge < -0.3 is 10.8 Å². The quantitative estimate of drug-likeness (QED) is 0.594. The van der Waals surface area contributed by atoms with Gasteiger partial charge in [-0.2, -0.15) is 0 Å². The summed E-state index contributed by atoms with van der Waals surface area (Å²) < 4.78 is 0. The second kappa shape index (κ2) is 5.27. The first-order valence-electron chi connectivity index (χ1n) is 4.77. The molecule has 1 unspecified atom stereocenters. The summed E-state index contributed by atoms with van der Waals surface area (Å²) in [4.78, 5) is 1.21. The van der Waals surface area contributed by atoms with Gasteiger partial charge in [0.2, 0.25) is 0 Å². The Bertz CT molecular complexity index is 299. The SMILES string of the molecule is Cc1c(N)cccc1SCCC(C)O. The van der Waals surface area contributed by atoms with Crippen LogP contribution in [0, 0.1) is 6.92 Å². The smallest absolute Gasteiger partial charge is 0.0520 e. The van der Waals surface area contributed by atoms with E-state index >= 15 is 0 Å². The van der Waals surface area contributed by atoms with E-state index in [1.165, 1.54) is 4.90 Å². The molecule has 0 fully saturated rings. The van der Waals surface area contributed by atoms with Crippen LogP contribution in [0.2, 0.25) is 0 Å². The van der Waals surface area contributed by atoms with Crippen molar-refractivity contribution >= 4 is 17.4 Å². The summed E-state index contributed by atoms with van der Waals surface area (Å²) in [5, 5.41) is 9.12. The zero-order valence-corrected chi connectivity index (χ0v) is 9.47. The highest BCUT2D eigenvalue weighted by Crippen LogP contribution is 2.26. The average molecular weight is 211 g/mol. The van der Waals surface area contributed by atoms with E-state index in [0.29, 0.717) is 0 Å². The number of nitrogen functional groups attached to an aromatic ring is 1. The van der Waals surface area contributed by atoms with Crippen molar-refractivity contribution in [2.75, 3.05) is 11.5 Å². The maximum atomic E-state index is 9.12. The number of hydrogen-bond acceptors (Lipinski definition) is 3. The van der Waals surface area contributed by atoms with Gasteiger partial charge in [0.1, 0.15) is 0 Å². The molecule has 1 atom stereocenters. The van der Waals surface area contributed by atoms with Crippen LogP contribution >= 0.6 is 11.8 Å². The largest absolute Gasteiger partial charge is 0.398 e. The van der Waals surface area contributed by atoms with Crippen LogP contribution in [0.1, 0.15) is 18.9 Å². The lowest BCUT2D eigenvalue weighted by Crippen LogP contribution is -2.00. The molecule has 0 bridgehead atoms. The van der Waals surface area contributed by atoms with Crippen molar-refractivity contribution < 1.29 is 5.11 Å². The van der Waals surface area contributed by atoms with Gasteiger partial charge in [0.25, 0.3) is 0 Å². The van der Waals surface area contributed by atoms with Crippen molar-refractivity contribution in [2.24, 2.45) is 0 Å². The molecule has 3 heteroatoms. The first-order valence-corrected chi connectivity index (χ1v) is 5.75. The number of aliphatic hydroxyl groups excluding tert-OH is 1. The Morgan fingerprint density at radius 1 is 1.50 bits per heavy atom. The van der Waals surface area contributed by atoms with Crippen LogP contribution in [0.15, 0.2) is 23.1 Å². The van der Waals surface area contributed by atoms with Crippen LogP contribution in [0.4, 0.5) is 5.69 Å². The van der Waals surface area contributed by atoms with Gasteiger partial charge in [0, 0.05) is 16.3 Å². The highest BCUT2D eigenvalue weighted by molar-refractivity contribution is 7.99. The van der Waals surface area contributed by atoms with Gasteiger partial charge in [-0.1, -0.05) is 6.07 Å². The number of nitrogens with two attached hydrogens (primary N) is 1. The third-order valence-corrected chi connectivity index (χ3v) is 3.31. The van der Waals surface area contributed by atoms with E-state index in [4.69, 9.17) is 10.8 Å². The summed E-state index contributed by atoms with van der Waals surface area (Å²) in [5.74, 6) is 0.933. The normalized spacial score (nSPS) is 12.8. The zero-order chi connectivity index (χ0) is 10.6. The average Bonchev–Trinajstić information content (AvgIpc) is 2.12. The molecule has 0 heterocycles. The van der Waals surface area contributed by atoms with Crippen molar-refractivity contribution in [3.05, 3.63) is 23.8 Å². The lowest BCUT2D eigenvalue weighted by molar-refractivity contribution is 0.192. The van der Waals surface area contributed by atoms with E-state index in [1.54, 1.807) is 11.8 Å². The Kier molecular flexibility index (Phi) is 4.29. The number of aliphatic hydroxyl groups is 1. The fraction of sp³-hybridized carbons (Fsp3) is 0.455. The Hall–Kier alpha value is -0.670. The van der Waals surface area contributed by atoms with Crippen molar-refractivity contribution in [3.63, 3.8) is 0 Å².